The second kappa shape index (κ2) is 15.8. The minimum atomic E-state index is -2.80. The number of hydrogen-bond acceptors (Lipinski definition) is 0. The second-order valence-electron chi connectivity index (χ2n) is 10.4. The molecular formula is C39H36AsBr2P. The Bertz CT molecular complexity index is 1310. The molecule has 0 radical (unpaired) electrons. The van der Waals surface area contributed by atoms with Crippen molar-refractivity contribution in [3.63, 3.8) is 0 Å². The van der Waals surface area contributed by atoms with Crippen molar-refractivity contribution in [1.82, 2.24) is 0 Å². The normalized spacial score (nSPS) is 11.2. The van der Waals surface area contributed by atoms with E-state index in [2.05, 4.69) is 182 Å². The molecule has 0 nitrogen and oxygen atoms in total. The molecule has 6 aromatic rings. The molecule has 4 heteroatoms. The van der Waals surface area contributed by atoms with Crippen LogP contribution in [-0.4, -0.2) is 19.7 Å². The van der Waals surface area contributed by atoms with Crippen molar-refractivity contribution in [2.75, 3.05) is 6.16 Å². The molecule has 0 spiro atoms. The third-order valence-electron chi connectivity index (χ3n) is 8.17. The third-order valence-corrected chi connectivity index (χ3v) is 22.2. The molecule has 6 aromatic carbocycles. The van der Waals surface area contributed by atoms with Crippen LogP contribution in [0.4, 0.5) is 0 Å². The maximum atomic E-state index is 2.39. The fraction of sp³-hybridized carbons (Fsp3) is 0.0769. The van der Waals surface area contributed by atoms with Crippen LogP contribution in [0.5, 0.6) is 0 Å². The Hall–Kier alpha value is -2.73. The molecule has 0 amide bonds. The van der Waals surface area contributed by atoms with Crippen molar-refractivity contribution in [1.29, 1.82) is 0 Å². The summed E-state index contributed by atoms with van der Waals surface area (Å²) < 4.78 is 4.56. The summed E-state index contributed by atoms with van der Waals surface area (Å²) in [6.07, 6.45) is 2.29. The standard InChI is InChI=1S/C39H36AsP.2BrH/c1-7-20-34(21-8-1)40(35-22-9-2-10-23-35,36-24-11-3-12-25-36)32-19-33-41(37-26-13-4-14-27-37,38-28-15-5-16-29-38)39-30-17-6-18-31-39;;/h1-18,20-31H,19,32-33H2;2*1H/q+2;;/p-2. The van der Waals surface area contributed by atoms with Crippen molar-refractivity contribution < 1.29 is 34.0 Å². The molecule has 0 aliphatic heterocycles. The summed E-state index contributed by atoms with van der Waals surface area (Å²) in [7, 11) is -1.89. The van der Waals surface area contributed by atoms with Crippen LogP contribution in [-0.2, 0) is 0 Å². The maximum absolute atomic E-state index is 2.80. The summed E-state index contributed by atoms with van der Waals surface area (Å²) in [5.41, 5.74) is 0. The van der Waals surface area contributed by atoms with E-state index in [9.17, 15) is 0 Å². The van der Waals surface area contributed by atoms with Gasteiger partial charge in [0.2, 0.25) is 0 Å². The van der Waals surface area contributed by atoms with Crippen LogP contribution >= 0.6 is 7.26 Å². The molecular weight excluding hydrogens is 734 g/mol. The summed E-state index contributed by atoms with van der Waals surface area (Å²) >= 11 is -2.80. The van der Waals surface area contributed by atoms with Gasteiger partial charge in [-0.1, -0.05) is 0 Å². The van der Waals surface area contributed by atoms with Gasteiger partial charge in [-0.25, -0.2) is 0 Å². The summed E-state index contributed by atoms with van der Waals surface area (Å²) in [6, 6.07) is 68.1. The molecule has 6 rings (SSSR count). The van der Waals surface area contributed by atoms with Gasteiger partial charge >= 0.3 is 250 Å². The minimum absolute atomic E-state index is 0. The van der Waals surface area contributed by atoms with E-state index in [1.165, 1.54) is 34.2 Å². The monoisotopic (exact) mass is 768 g/mol. The first-order valence-corrected chi connectivity index (χ1v) is 20.6. The van der Waals surface area contributed by atoms with Gasteiger partial charge in [0.25, 0.3) is 0 Å². The fourth-order valence-corrected chi connectivity index (χ4v) is 20.3. The van der Waals surface area contributed by atoms with Gasteiger partial charge in [-0.15, -0.1) is 0 Å². The molecule has 0 N–H and O–H groups in total. The van der Waals surface area contributed by atoms with Crippen LogP contribution in [0.1, 0.15) is 6.42 Å². The van der Waals surface area contributed by atoms with E-state index in [-0.39, 0.29) is 34.0 Å². The van der Waals surface area contributed by atoms with Gasteiger partial charge < -0.3 is 34.0 Å². The van der Waals surface area contributed by atoms with Crippen molar-refractivity contribution >= 4 is 49.8 Å². The van der Waals surface area contributed by atoms with Crippen molar-refractivity contribution in [3.8, 4) is 0 Å². The first-order chi connectivity index (χ1) is 20.3. The number of halogens is 2. The molecule has 0 atom stereocenters. The second-order valence-corrected chi connectivity index (χ2v) is 21.6. The zero-order valence-corrected chi connectivity index (χ0v) is 30.0. The first kappa shape index (κ1) is 33.2. The summed E-state index contributed by atoms with van der Waals surface area (Å²) in [4.78, 5) is 0. The van der Waals surface area contributed by atoms with Gasteiger partial charge in [0, 0.05) is 0 Å². The Kier molecular flexibility index (Phi) is 12.2. The van der Waals surface area contributed by atoms with Gasteiger partial charge in [0.15, 0.2) is 0 Å². The molecule has 0 heterocycles. The van der Waals surface area contributed by atoms with E-state index in [0.717, 1.165) is 12.6 Å². The zero-order valence-electron chi connectivity index (χ0n) is 24.1. The summed E-state index contributed by atoms with van der Waals surface area (Å²) in [6.45, 7) is 0. The molecule has 0 saturated carbocycles. The predicted molar refractivity (Wildman–Crippen MR) is 183 cm³/mol. The number of rotatable bonds is 10. The van der Waals surface area contributed by atoms with E-state index in [0.29, 0.717) is 0 Å². The Morgan fingerprint density at radius 2 is 0.605 bits per heavy atom. The molecule has 0 saturated heterocycles. The van der Waals surface area contributed by atoms with Crippen molar-refractivity contribution in [2.24, 2.45) is 0 Å². The molecule has 0 bridgehead atoms. The average Bonchev–Trinajstić information content (AvgIpc) is 3.08. The molecule has 43 heavy (non-hydrogen) atoms. The molecule has 0 fully saturated rings. The number of hydrogen-bond donors (Lipinski definition) is 0. The summed E-state index contributed by atoms with van der Waals surface area (Å²) in [5.74, 6) is 0. The summed E-state index contributed by atoms with van der Waals surface area (Å²) in [5, 5.41) is 5.58. The van der Waals surface area contributed by atoms with Crippen LogP contribution in [0.2, 0.25) is 5.21 Å². The average molecular weight is 770 g/mol. The van der Waals surface area contributed by atoms with E-state index >= 15 is 0 Å². The molecule has 0 unspecified atom stereocenters. The Morgan fingerprint density at radius 1 is 0.349 bits per heavy atom. The van der Waals surface area contributed by atoms with Crippen molar-refractivity contribution in [2.45, 2.75) is 11.6 Å². The van der Waals surface area contributed by atoms with Crippen LogP contribution in [0.25, 0.3) is 0 Å². The van der Waals surface area contributed by atoms with E-state index in [4.69, 9.17) is 0 Å². The Balaban J connectivity index is 0.00000212. The van der Waals surface area contributed by atoms with Crippen molar-refractivity contribution in [3.05, 3.63) is 182 Å². The van der Waals surface area contributed by atoms with Gasteiger partial charge in [-0.3, -0.25) is 0 Å². The Labute approximate surface area is 281 Å². The van der Waals surface area contributed by atoms with Crippen LogP contribution in [0.3, 0.4) is 0 Å². The molecule has 216 valence electrons. The van der Waals surface area contributed by atoms with Gasteiger partial charge in [0.05, 0.1) is 0 Å². The van der Waals surface area contributed by atoms with Crippen LogP contribution in [0.15, 0.2) is 182 Å². The predicted octanol–water partition coefficient (Wildman–Crippen LogP) is 0.549. The topological polar surface area (TPSA) is 0 Å². The van der Waals surface area contributed by atoms with Crippen LogP contribution in [0, 0.1) is 0 Å². The first-order valence-electron chi connectivity index (χ1n) is 14.4. The Morgan fingerprint density at radius 3 is 0.884 bits per heavy atom. The molecule has 0 aliphatic rings. The zero-order chi connectivity index (χ0) is 27.8. The third kappa shape index (κ3) is 6.84. The fourth-order valence-electron chi connectivity index (χ4n) is 6.31. The van der Waals surface area contributed by atoms with Gasteiger partial charge in [-0.05, 0) is 0 Å². The molecule has 0 aromatic heterocycles. The van der Waals surface area contributed by atoms with E-state index < -0.39 is 20.8 Å². The molecule has 0 aliphatic carbocycles. The quantitative estimate of drug-likeness (QED) is 0.141. The SMILES string of the molecule is [Br-].[Br-].c1ccc([P+](CCC[As+](c2ccccc2)(c2ccccc2)c2ccccc2)(c2ccccc2)c2ccccc2)cc1. The van der Waals surface area contributed by atoms with Gasteiger partial charge in [-0.2, -0.15) is 0 Å². The van der Waals surface area contributed by atoms with Crippen LogP contribution < -0.4 is 62.9 Å². The number of benzene rings is 6. The van der Waals surface area contributed by atoms with E-state index in [1.54, 1.807) is 0 Å². The van der Waals surface area contributed by atoms with Gasteiger partial charge in [0.1, 0.15) is 0 Å². The van der Waals surface area contributed by atoms with E-state index in [1.807, 2.05) is 0 Å².